The maximum absolute atomic E-state index is 12.2. The van der Waals surface area contributed by atoms with Gasteiger partial charge < -0.3 is 9.64 Å². The monoisotopic (exact) mass is 346 g/mol. The topological polar surface area (TPSA) is 32.8 Å². The Morgan fingerprint density at radius 1 is 1.08 bits per heavy atom. The highest BCUT2D eigenvalue weighted by atomic mass is 35.5. The van der Waals surface area contributed by atoms with Gasteiger partial charge in [0, 0.05) is 18.6 Å². The molecule has 0 spiro atoms. The summed E-state index contributed by atoms with van der Waals surface area (Å²) in [6, 6.07) is 17.4. The molecule has 0 saturated carbocycles. The van der Waals surface area contributed by atoms with Crippen LogP contribution in [0.2, 0.25) is 5.02 Å². The summed E-state index contributed by atoms with van der Waals surface area (Å²) in [5, 5.41) is 0.638. The van der Waals surface area contributed by atoms with E-state index < -0.39 is 0 Å². The molecule has 0 aliphatic carbocycles. The summed E-state index contributed by atoms with van der Waals surface area (Å²) in [7, 11) is 3.74. The van der Waals surface area contributed by atoms with E-state index in [1.165, 1.54) is 5.56 Å². The van der Waals surface area contributed by atoms with Crippen LogP contribution < -0.4 is 4.74 Å². The fraction of sp³-hybridized carbons (Fsp3) is 0.316. The Labute approximate surface area is 148 Å². The highest BCUT2D eigenvalue weighted by Gasteiger charge is 2.12. The number of benzene rings is 2. The van der Waals surface area contributed by atoms with E-state index in [0.29, 0.717) is 30.5 Å². The molecule has 4 nitrogen and oxygen atoms in total. The van der Waals surface area contributed by atoms with Crippen molar-refractivity contribution in [3.63, 3.8) is 0 Å². The van der Waals surface area contributed by atoms with Gasteiger partial charge in [-0.2, -0.15) is 0 Å². The summed E-state index contributed by atoms with van der Waals surface area (Å²) in [6.07, 6.45) is 0. The van der Waals surface area contributed by atoms with E-state index in [0.717, 1.165) is 6.54 Å². The van der Waals surface area contributed by atoms with Gasteiger partial charge in [-0.25, -0.2) is 0 Å². The van der Waals surface area contributed by atoms with Crippen molar-refractivity contribution in [1.29, 1.82) is 0 Å². The minimum Gasteiger partial charge on any atom is -0.492 e. The van der Waals surface area contributed by atoms with Crippen LogP contribution in [0.5, 0.6) is 5.75 Å². The van der Waals surface area contributed by atoms with E-state index in [9.17, 15) is 4.79 Å². The second-order valence-electron chi connectivity index (χ2n) is 5.78. The zero-order valence-electron chi connectivity index (χ0n) is 14.1. The standard InChI is InChI=1S/C19H23ClN2O2/c1-21(14-16-7-4-3-5-8-16)15-19(23)22(2)11-12-24-18-10-6-9-17(20)13-18/h3-10,13H,11-12,14-15H2,1-2H3. The molecule has 2 aromatic carbocycles. The molecule has 24 heavy (non-hydrogen) atoms. The molecule has 0 N–H and O–H groups in total. The smallest absolute Gasteiger partial charge is 0.236 e. The Morgan fingerprint density at radius 2 is 1.83 bits per heavy atom. The number of hydrogen-bond acceptors (Lipinski definition) is 3. The fourth-order valence-corrected chi connectivity index (χ4v) is 2.46. The first-order valence-corrected chi connectivity index (χ1v) is 8.27. The second kappa shape index (κ2) is 9.30. The van der Waals surface area contributed by atoms with Crippen molar-refractivity contribution < 1.29 is 9.53 Å². The predicted octanol–water partition coefficient (Wildman–Crippen LogP) is 3.31. The van der Waals surface area contributed by atoms with Crippen molar-refractivity contribution >= 4 is 17.5 Å². The zero-order chi connectivity index (χ0) is 17.4. The van der Waals surface area contributed by atoms with Crippen LogP contribution in [-0.4, -0.2) is 49.5 Å². The van der Waals surface area contributed by atoms with E-state index in [1.54, 1.807) is 24.1 Å². The summed E-state index contributed by atoms with van der Waals surface area (Å²) in [5.41, 5.74) is 1.19. The highest BCUT2D eigenvalue weighted by Crippen LogP contribution is 2.16. The molecule has 0 aromatic heterocycles. The average Bonchev–Trinajstić information content (AvgIpc) is 2.55. The van der Waals surface area contributed by atoms with Crippen LogP contribution in [0.4, 0.5) is 0 Å². The second-order valence-corrected chi connectivity index (χ2v) is 6.22. The molecule has 0 fully saturated rings. The van der Waals surface area contributed by atoms with Crippen molar-refractivity contribution in [3.05, 3.63) is 65.2 Å². The van der Waals surface area contributed by atoms with Gasteiger partial charge in [0.05, 0.1) is 13.1 Å². The number of carbonyl (C=O) groups is 1. The van der Waals surface area contributed by atoms with Gasteiger partial charge in [0.1, 0.15) is 12.4 Å². The van der Waals surface area contributed by atoms with Gasteiger partial charge in [-0.3, -0.25) is 9.69 Å². The number of hydrogen-bond donors (Lipinski definition) is 0. The first-order chi connectivity index (χ1) is 11.5. The predicted molar refractivity (Wildman–Crippen MR) is 97.4 cm³/mol. The molecule has 0 unspecified atom stereocenters. The van der Waals surface area contributed by atoms with E-state index in [-0.39, 0.29) is 5.91 Å². The lowest BCUT2D eigenvalue weighted by Crippen LogP contribution is -2.38. The van der Waals surface area contributed by atoms with Gasteiger partial charge in [-0.15, -0.1) is 0 Å². The normalized spacial score (nSPS) is 10.7. The molecule has 0 atom stereocenters. The van der Waals surface area contributed by atoms with E-state index in [1.807, 2.05) is 42.3 Å². The van der Waals surface area contributed by atoms with Gasteiger partial charge in [0.25, 0.3) is 0 Å². The lowest BCUT2D eigenvalue weighted by Gasteiger charge is -2.22. The third-order valence-corrected chi connectivity index (χ3v) is 3.85. The first kappa shape index (κ1) is 18.3. The fourth-order valence-electron chi connectivity index (χ4n) is 2.28. The number of rotatable bonds is 8. The van der Waals surface area contributed by atoms with Crippen molar-refractivity contribution in [1.82, 2.24) is 9.80 Å². The third kappa shape index (κ3) is 6.22. The zero-order valence-corrected chi connectivity index (χ0v) is 14.9. The number of ether oxygens (including phenoxy) is 1. The molecule has 0 radical (unpaired) electrons. The Morgan fingerprint density at radius 3 is 2.54 bits per heavy atom. The number of carbonyl (C=O) groups excluding carboxylic acids is 1. The molecule has 2 aromatic rings. The highest BCUT2D eigenvalue weighted by molar-refractivity contribution is 6.30. The van der Waals surface area contributed by atoms with Crippen molar-refractivity contribution in [2.24, 2.45) is 0 Å². The molecular weight excluding hydrogens is 324 g/mol. The lowest BCUT2D eigenvalue weighted by molar-refractivity contribution is -0.131. The van der Waals surface area contributed by atoms with Gasteiger partial charge in [-0.05, 0) is 30.8 Å². The number of nitrogens with zero attached hydrogens (tertiary/aromatic N) is 2. The summed E-state index contributed by atoms with van der Waals surface area (Å²) in [4.78, 5) is 15.9. The summed E-state index contributed by atoms with van der Waals surface area (Å²) in [5.74, 6) is 0.785. The van der Waals surface area contributed by atoms with E-state index >= 15 is 0 Å². The van der Waals surface area contributed by atoms with Crippen LogP contribution >= 0.6 is 11.6 Å². The van der Waals surface area contributed by atoms with Crippen LogP contribution in [0.25, 0.3) is 0 Å². The third-order valence-electron chi connectivity index (χ3n) is 3.62. The molecule has 0 aliphatic rings. The molecule has 0 bridgehead atoms. The Balaban J connectivity index is 1.71. The Kier molecular flexibility index (Phi) is 7.09. The van der Waals surface area contributed by atoms with Crippen LogP contribution in [0.3, 0.4) is 0 Å². The van der Waals surface area contributed by atoms with Gasteiger partial charge in [0.2, 0.25) is 5.91 Å². The molecule has 0 saturated heterocycles. The van der Waals surface area contributed by atoms with Crippen molar-refractivity contribution in [2.45, 2.75) is 6.54 Å². The molecular formula is C19H23ClN2O2. The molecule has 1 amide bonds. The SMILES string of the molecule is CN(CC(=O)N(C)CCOc1cccc(Cl)c1)Cc1ccccc1. The van der Waals surface area contributed by atoms with Crippen molar-refractivity contribution in [2.75, 3.05) is 33.8 Å². The molecule has 2 rings (SSSR count). The van der Waals surface area contributed by atoms with E-state index in [4.69, 9.17) is 16.3 Å². The average molecular weight is 347 g/mol. The lowest BCUT2D eigenvalue weighted by atomic mass is 10.2. The Hall–Kier alpha value is -2.04. The van der Waals surface area contributed by atoms with Crippen LogP contribution in [0, 0.1) is 0 Å². The maximum atomic E-state index is 12.2. The van der Waals surface area contributed by atoms with Crippen LogP contribution in [0.15, 0.2) is 54.6 Å². The van der Waals surface area contributed by atoms with Gasteiger partial charge >= 0.3 is 0 Å². The quantitative estimate of drug-likeness (QED) is 0.735. The first-order valence-electron chi connectivity index (χ1n) is 7.89. The minimum absolute atomic E-state index is 0.0723. The van der Waals surface area contributed by atoms with Gasteiger partial charge in [0.15, 0.2) is 0 Å². The van der Waals surface area contributed by atoms with Crippen LogP contribution in [-0.2, 0) is 11.3 Å². The van der Waals surface area contributed by atoms with E-state index in [2.05, 4.69) is 12.1 Å². The number of halogens is 1. The summed E-state index contributed by atoms with van der Waals surface area (Å²) in [6.45, 7) is 2.09. The number of likely N-dealkylation sites (N-methyl/N-ethyl adjacent to an activating group) is 2. The molecule has 0 aliphatic heterocycles. The summed E-state index contributed by atoms with van der Waals surface area (Å²) < 4.78 is 5.62. The largest absolute Gasteiger partial charge is 0.492 e. The van der Waals surface area contributed by atoms with Crippen molar-refractivity contribution in [3.8, 4) is 5.75 Å². The van der Waals surface area contributed by atoms with Gasteiger partial charge in [-0.1, -0.05) is 48.0 Å². The van der Waals surface area contributed by atoms with Crippen LogP contribution in [0.1, 0.15) is 5.56 Å². The summed E-state index contributed by atoms with van der Waals surface area (Å²) >= 11 is 5.91. The molecule has 0 heterocycles. The maximum Gasteiger partial charge on any atom is 0.236 e. The number of amides is 1. The molecule has 128 valence electrons. The Bertz CT molecular complexity index is 649. The molecule has 5 heteroatoms. The minimum atomic E-state index is 0.0723.